The van der Waals surface area contributed by atoms with Gasteiger partial charge in [-0.1, -0.05) is 42.5 Å². The van der Waals surface area contributed by atoms with Gasteiger partial charge in [-0.25, -0.2) is 9.97 Å². The molecule has 0 spiro atoms. The zero-order valence-electron chi connectivity index (χ0n) is 24.4. The molecule has 0 unspecified atom stereocenters. The van der Waals surface area contributed by atoms with Gasteiger partial charge in [0.15, 0.2) is 17.5 Å². The van der Waals surface area contributed by atoms with E-state index in [1.807, 2.05) is 42.5 Å². The fourth-order valence-corrected chi connectivity index (χ4v) is 4.90. The summed E-state index contributed by atoms with van der Waals surface area (Å²) in [4.78, 5) is 19.3. The molecule has 3 heterocycles. The summed E-state index contributed by atoms with van der Waals surface area (Å²) in [5.74, 6) is 2.11. The molecule has 5 rings (SSSR count). The van der Waals surface area contributed by atoms with Crippen LogP contribution < -0.4 is 22.1 Å². The summed E-state index contributed by atoms with van der Waals surface area (Å²) >= 11 is 0. The van der Waals surface area contributed by atoms with Crippen LogP contribution in [0.4, 0.5) is 17.3 Å². The first-order valence-corrected chi connectivity index (χ1v) is 14.6. The highest BCUT2D eigenvalue weighted by Crippen LogP contribution is 2.28. The summed E-state index contributed by atoms with van der Waals surface area (Å²) in [5.41, 5.74) is 14.4. The monoisotopic (exact) mass is 548 g/mol. The molecule has 1 aromatic heterocycles. The Morgan fingerprint density at radius 1 is 0.725 bits per heavy atom. The normalized spacial score (nSPS) is 19.0. The highest BCUT2D eigenvalue weighted by Gasteiger charge is 2.17. The minimum atomic E-state index is 0.589. The van der Waals surface area contributed by atoms with Gasteiger partial charge in [0.25, 0.3) is 0 Å². The molecule has 10 nitrogen and oxygen atoms in total. The van der Waals surface area contributed by atoms with Crippen molar-refractivity contribution < 1.29 is 0 Å². The van der Waals surface area contributed by atoms with E-state index in [-0.39, 0.29) is 0 Å². The van der Waals surface area contributed by atoms with Crippen molar-refractivity contribution in [2.24, 2.45) is 5.73 Å². The van der Waals surface area contributed by atoms with Gasteiger partial charge in [-0.2, -0.15) is 0 Å². The van der Waals surface area contributed by atoms with Gasteiger partial charge in [0.05, 0.1) is 0 Å². The van der Waals surface area contributed by atoms with Crippen molar-refractivity contribution in [1.82, 2.24) is 29.6 Å². The maximum Gasteiger partial charge on any atom is 0.164 e. The summed E-state index contributed by atoms with van der Waals surface area (Å²) in [7, 11) is 4.36. The van der Waals surface area contributed by atoms with Crippen molar-refractivity contribution in [2.75, 3.05) is 109 Å². The first-order chi connectivity index (χ1) is 19.5. The summed E-state index contributed by atoms with van der Waals surface area (Å²) in [6, 6.07) is 10.1. The Bertz CT molecular complexity index is 1040. The van der Waals surface area contributed by atoms with Crippen molar-refractivity contribution >= 4 is 17.3 Å². The third-order valence-corrected chi connectivity index (χ3v) is 7.63. The number of nitrogens with zero attached hydrogens (tertiary/aromatic N) is 6. The van der Waals surface area contributed by atoms with Gasteiger partial charge in [0.1, 0.15) is 5.69 Å². The predicted molar refractivity (Wildman–Crippen MR) is 167 cm³/mol. The van der Waals surface area contributed by atoms with Gasteiger partial charge < -0.3 is 31.9 Å². The summed E-state index contributed by atoms with van der Waals surface area (Å²) in [6.45, 7) is 12.5. The summed E-state index contributed by atoms with van der Waals surface area (Å²) in [6.07, 6.45) is 8.35. The SMILES string of the molecule is CN1CCN(CCNc2nc(-c3ccccc3)nc(NCCN3CCN(C)CC3)c2N)CC1.NC1=CCCC=C1. The Kier molecular flexibility index (Phi) is 11.6. The summed E-state index contributed by atoms with van der Waals surface area (Å²) in [5, 5.41) is 6.96. The quantitative estimate of drug-likeness (QED) is 0.372. The van der Waals surface area contributed by atoms with Crippen LogP contribution in [0.5, 0.6) is 0 Å². The van der Waals surface area contributed by atoms with Gasteiger partial charge >= 0.3 is 0 Å². The molecule has 0 bridgehead atoms. The largest absolute Gasteiger partial charge is 0.399 e. The van der Waals surface area contributed by atoms with Crippen LogP contribution in [0.15, 0.2) is 54.3 Å². The van der Waals surface area contributed by atoms with E-state index in [1.54, 1.807) is 0 Å². The van der Waals surface area contributed by atoms with Crippen LogP contribution in [0, 0.1) is 0 Å². The minimum Gasteiger partial charge on any atom is -0.399 e. The van der Waals surface area contributed by atoms with Crippen LogP contribution in [0.3, 0.4) is 0 Å². The van der Waals surface area contributed by atoms with E-state index >= 15 is 0 Å². The van der Waals surface area contributed by atoms with Crippen molar-refractivity contribution in [3.8, 4) is 11.4 Å². The molecule has 218 valence electrons. The molecule has 2 saturated heterocycles. The fourth-order valence-electron chi connectivity index (χ4n) is 4.90. The topological polar surface area (TPSA) is 115 Å². The number of aromatic nitrogens is 2. The molecule has 2 aliphatic heterocycles. The number of nitrogen functional groups attached to an aromatic ring is 1. The second-order valence-corrected chi connectivity index (χ2v) is 10.9. The Morgan fingerprint density at radius 2 is 1.25 bits per heavy atom. The molecule has 0 radical (unpaired) electrons. The molecule has 3 aliphatic rings. The predicted octanol–water partition coefficient (Wildman–Crippen LogP) is 2.22. The van der Waals surface area contributed by atoms with E-state index in [4.69, 9.17) is 21.4 Å². The zero-order valence-corrected chi connectivity index (χ0v) is 24.4. The molecule has 0 atom stereocenters. The lowest BCUT2D eigenvalue weighted by atomic mass is 10.2. The maximum absolute atomic E-state index is 6.51. The number of hydrogen-bond acceptors (Lipinski definition) is 10. The highest BCUT2D eigenvalue weighted by atomic mass is 15.3. The average Bonchev–Trinajstić information content (AvgIpc) is 2.98. The highest BCUT2D eigenvalue weighted by molar-refractivity contribution is 5.77. The van der Waals surface area contributed by atoms with Gasteiger partial charge in [0, 0.05) is 89.8 Å². The van der Waals surface area contributed by atoms with E-state index in [2.05, 4.69) is 50.4 Å². The van der Waals surface area contributed by atoms with Crippen molar-refractivity contribution in [2.45, 2.75) is 12.8 Å². The van der Waals surface area contributed by atoms with E-state index in [1.165, 1.54) is 0 Å². The van der Waals surface area contributed by atoms with E-state index in [0.29, 0.717) is 23.1 Å². The Labute approximate surface area is 240 Å². The third-order valence-electron chi connectivity index (χ3n) is 7.63. The van der Waals surface area contributed by atoms with Crippen molar-refractivity contribution in [1.29, 1.82) is 0 Å². The second kappa shape index (κ2) is 15.6. The standard InChI is InChI=1S/C24H39N9.C6H9N/c1-30-12-16-32(17-13-30)10-8-26-23-21(25)24(27-9-11-33-18-14-31(2)15-19-33)29-22(28-23)20-6-4-3-5-7-20;7-6-4-2-1-3-5-6/h3-7H,8-19,25H2,1-2H3,(H2,26,27,28,29);2,4-5H,1,3,7H2. The van der Waals surface area contributed by atoms with Crippen LogP contribution in [-0.2, 0) is 0 Å². The molecule has 10 heteroatoms. The van der Waals surface area contributed by atoms with Crippen molar-refractivity contribution in [3.63, 3.8) is 0 Å². The smallest absolute Gasteiger partial charge is 0.164 e. The number of benzene rings is 1. The Balaban J connectivity index is 0.000000461. The first kappa shape index (κ1) is 29.8. The van der Waals surface area contributed by atoms with E-state index < -0.39 is 0 Å². The number of anilines is 3. The molecule has 0 saturated carbocycles. The summed E-state index contributed by atoms with van der Waals surface area (Å²) < 4.78 is 0. The zero-order chi connectivity index (χ0) is 28.2. The first-order valence-electron chi connectivity index (χ1n) is 14.6. The number of nitrogens with one attached hydrogen (secondary N) is 2. The molecular weight excluding hydrogens is 500 g/mol. The lowest BCUT2D eigenvalue weighted by molar-refractivity contribution is 0.158. The lowest BCUT2D eigenvalue weighted by Gasteiger charge is -2.32. The molecule has 6 N–H and O–H groups in total. The maximum atomic E-state index is 6.51. The number of piperazine rings is 2. The number of rotatable bonds is 9. The number of nitrogens with two attached hydrogens (primary N) is 2. The van der Waals surface area contributed by atoms with Crippen molar-refractivity contribution in [3.05, 3.63) is 54.3 Å². The molecule has 0 amide bonds. The van der Waals surface area contributed by atoms with Gasteiger partial charge in [-0.3, -0.25) is 9.80 Å². The molecule has 40 heavy (non-hydrogen) atoms. The number of allylic oxidation sites excluding steroid dienone is 3. The van der Waals surface area contributed by atoms with E-state index in [9.17, 15) is 0 Å². The van der Waals surface area contributed by atoms with Crippen LogP contribution >= 0.6 is 0 Å². The average molecular weight is 549 g/mol. The van der Waals surface area contributed by atoms with E-state index in [0.717, 1.165) is 103 Å². The van der Waals surface area contributed by atoms with Crippen LogP contribution in [0.25, 0.3) is 11.4 Å². The van der Waals surface area contributed by atoms with Crippen LogP contribution in [-0.4, -0.2) is 122 Å². The second-order valence-electron chi connectivity index (χ2n) is 10.9. The number of likely N-dealkylation sites (N-methyl/N-ethyl adjacent to an activating group) is 2. The third kappa shape index (κ3) is 9.48. The molecular formula is C30H48N10. The van der Waals surface area contributed by atoms with Gasteiger partial charge in [-0.05, 0) is 33.0 Å². The fraction of sp³-hybridized carbons (Fsp3) is 0.533. The Hall–Kier alpha value is -3.18. The van der Waals surface area contributed by atoms with Gasteiger partial charge in [-0.15, -0.1) is 0 Å². The molecule has 2 fully saturated rings. The lowest BCUT2D eigenvalue weighted by Crippen LogP contribution is -2.46. The molecule has 1 aromatic carbocycles. The van der Waals surface area contributed by atoms with Crippen LogP contribution in [0.2, 0.25) is 0 Å². The Morgan fingerprint density at radius 3 is 1.68 bits per heavy atom. The van der Waals surface area contributed by atoms with Crippen LogP contribution in [0.1, 0.15) is 12.8 Å². The number of hydrogen-bond donors (Lipinski definition) is 4. The minimum absolute atomic E-state index is 0.589. The molecule has 2 aromatic rings. The molecule has 1 aliphatic carbocycles. The van der Waals surface area contributed by atoms with Gasteiger partial charge in [0.2, 0.25) is 0 Å².